The molecule has 1 saturated heterocycles. The van der Waals surface area contributed by atoms with E-state index in [0.717, 1.165) is 11.1 Å². The average Bonchev–Trinajstić information content (AvgIpc) is 2.37. The fourth-order valence-electron chi connectivity index (χ4n) is 2.60. The van der Waals surface area contributed by atoms with Crippen molar-refractivity contribution in [2.45, 2.75) is 45.0 Å². The molecule has 104 valence electrons. The first kappa shape index (κ1) is 14.0. The summed E-state index contributed by atoms with van der Waals surface area (Å²) in [5.74, 6) is -0.265. The van der Waals surface area contributed by atoms with E-state index in [9.17, 15) is 9.90 Å². The predicted molar refractivity (Wildman–Crippen MR) is 70.5 cm³/mol. The van der Waals surface area contributed by atoms with Crippen LogP contribution < -0.4 is 0 Å². The second-order valence-electron chi connectivity index (χ2n) is 5.21. The first-order valence-corrected chi connectivity index (χ1v) is 6.54. The van der Waals surface area contributed by atoms with Crippen molar-refractivity contribution < 1.29 is 19.4 Å². The fraction of sp³-hybridized carbons (Fsp3) is 0.533. The minimum Gasteiger partial charge on any atom is -0.459 e. The van der Waals surface area contributed by atoms with Crippen molar-refractivity contribution in [3.63, 3.8) is 0 Å². The molecular formula is C15H20O4. The molecule has 4 heteroatoms. The van der Waals surface area contributed by atoms with Gasteiger partial charge in [0.25, 0.3) is 0 Å². The maximum atomic E-state index is 11.2. The Morgan fingerprint density at radius 1 is 1.53 bits per heavy atom. The zero-order valence-corrected chi connectivity index (χ0v) is 11.4. The molecule has 0 radical (unpaired) electrons. The Hall–Kier alpha value is -1.39. The minimum atomic E-state index is -0.489. The Bertz CT molecular complexity index is 457. The van der Waals surface area contributed by atoms with Crippen LogP contribution in [0.1, 0.15) is 43.9 Å². The van der Waals surface area contributed by atoms with E-state index in [1.807, 2.05) is 31.2 Å². The maximum absolute atomic E-state index is 11.2. The topological polar surface area (TPSA) is 55.8 Å². The van der Waals surface area contributed by atoms with Crippen molar-refractivity contribution >= 4 is 5.97 Å². The van der Waals surface area contributed by atoms with Gasteiger partial charge in [-0.25, -0.2) is 0 Å². The first-order valence-electron chi connectivity index (χ1n) is 6.54. The van der Waals surface area contributed by atoms with Crippen LogP contribution in [0.3, 0.4) is 0 Å². The maximum Gasteiger partial charge on any atom is 0.303 e. The number of rotatable bonds is 3. The lowest BCUT2D eigenvalue weighted by Gasteiger charge is -2.38. The summed E-state index contributed by atoms with van der Waals surface area (Å²) in [4.78, 5) is 11.2. The minimum absolute atomic E-state index is 0.0136. The summed E-state index contributed by atoms with van der Waals surface area (Å²) in [5, 5.41) is 9.38. The number of benzene rings is 1. The highest BCUT2D eigenvalue weighted by molar-refractivity contribution is 5.66. The summed E-state index contributed by atoms with van der Waals surface area (Å²) in [6, 6.07) is 7.66. The summed E-state index contributed by atoms with van der Waals surface area (Å²) in [6.45, 7) is 3.90. The molecule has 1 aromatic carbocycles. The quantitative estimate of drug-likeness (QED) is 0.851. The summed E-state index contributed by atoms with van der Waals surface area (Å²) in [7, 11) is 0. The molecule has 2 unspecified atom stereocenters. The van der Waals surface area contributed by atoms with Crippen LogP contribution in [0.15, 0.2) is 24.3 Å². The van der Waals surface area contributed by atoms with Crippen molar-refractivity contribution in [2.24, 2.45) is 0 Å². The van der Waals surface area contributed by atoms with Gasteiger partial charge in [-0.05, 0) is 18.1 Å². The third kappa shape index (κ3) is 3.33. The van der Waals surface area contributed by atoms with Gasteiger partial charge in [0.05, 0.1) is 19.3 Å². The highest BCUT2D eigenvalue weighted by Crippen LogP contribution is 2.37. The van der Waals surface area contributed by atoms with Gasteiger partial charge in [-0.3, -0.25) is 4.79 Å². The molecule has 1 aromatic rings. The van der Waals surface area contributed by atoms with Crippen LogP contribution in [0.25, 0.3) is 0 Å². The van der Waals surface area contributed by atoms with Gasteiger partial charge < -0.3 is 14.6 Å². The standard InChI is InChI=1S/C15H20O4/c1-11(17)19-15(2)7-8-18-14(9-15)13-6-4-3-5-12(13)10-16/h3-6,14,16H,7-10H2,1-2H3. The Morgan fingerprint density at radius 2 is 2.26 bits per heavy atom. The SMILES string of the molecule is CC(=O)OC1(C)CCOC(c2ccccc2CO)C1. The van der Waals surface area contributed by atoms with Gasteiger partial charge >= 0.3 is 5.97 Å². The van der Waals surface area contributed by atoms with E-state index in [1.54, 1.807) is 0 Å². The van der Waals surface area contributed by atoms with Crippen LogP contribution in [-0.2, 0) is 20.9 Å². The molecule has 19 heavy (non-hydrogen) atoms. The Kier molecular flexibility index (Phi) is 4.22. The number of hydrogen-bond donors (Lipinski definition) is 1. The number of ether oxygens (including phenoxy) is 2. The second kappa shape index (κ2) is 5.72. The summed E-state index contributed by atoms with van der Waals surface area (Å²) < 4.78 is 11.2. The van der Waals surface area contributed by atoms with Crippen molar-refractivity contribution in [3.05, 3.63) is 35.4 Å². The predicted octanol–water partition coefficient (Wildman–Crippen LogP) is 2.35. The molecular weight excluding hydrogens is 244 g/mol. The van der Waals surface area contributed by atoms with Crippen molar-refractivity contribution in [2.75, 3.05) is 6.61 Å². The van der Waals surface area contributed by atoms with Crippen LogP contribution in [0.4, 0.5) is 0 Å². The van der Waals surface area contributed by atoms with Gasteiger partial charge in [0, 0.05) is 19.8 Å². The lowest BCUT2D eigenvalue weighted by molar-refractivity contribution is -0.170. The molecule has 0 amide bonds. The van der Waals surface area contributed by atoms with Crippen molar-refractivity contribution in [1.82, 2.24) is 0 Å². The number of aliphatic hydroxyl groups is 1. The van der Waals surface area contributed by atoms with E-state index >= 15 is 0 Å². The van der Waals surface area contributed by atoms with Gasteiger partial charge in [-0.1, -0.05) is 24.3 Å². The van der Waals surface area contributed by atoms with Gasteiger partial charge in [0.15, 0.2) is 0 Å². The van der Waals surface area contributed by atoms with Crippen molar-refractivity contribution in [1.29, 1.82) is 0 Å². The Morgan fingerprint density at radius 3 is 2.95 bits per heavy atom. The zero-order valence-electron chi connectivity index (χ0n) is 11.4. The van der Waals surface area contributed by atoms with E-state index in [0.29, 0.717) is 19.4 Å². The van der Waals surface area contributed by atoms with Crippen LogP contribution in [0.5, 0.6) is 0 Å². The van der Waals surface area contributed by atoms with Gasteiger partial charge in [0.2, 0.25) is 0 Å². The Labute approximate surface area is 113 Å². The van der Waals surface area contributed by atoms with E-state index in [1.165, 1.54) is 6.92 Å². The number of esters is 1. The van der Waals surface area contributed by atoms with E-state index in [2.05, 4.69) is 0 Å². The molecule has 2 atom stereocenters. The molecule has 0 spiro atoms. The Balaban J connectivity index is 2.19. The zero-order chi connectivity index (χ0) is 13.9. The molecule has 2 rings (SSSR count). The summed E-state index contributed by atoms with van der Waals surface area (Å²) in [6.07, 6.45) is 1.18. The second-order valence-corrected chi connectivity index (χ2v) is 5.21. The lowest BCUT2D eigenvalue weighted by atomic mass is 9.87. The van der Waals surface area contributed by atoms with Gasteiger partial charge in [-0.2, -0.15) is 0 Å². The number of carbonyl (C=O) groups is 1. The monoisotopic (exact) mass is 264 g/mol. The number of aliphatic hydroxyl groups excluding tert-OH is 1. The van der Waals surface area contributed by atoms with Crippen LogP contribution in [0, 0.1) is 0 Å². The largest absolute Gasteiger partial charge is 0.459 e. The molecule has 1 heterocycles. The van der Waals surface area contributed by atoms with E-state index in [-0.39, 0.29) is 18.7 Å². The highest BCUT2D eigenvalue weighted by Gasteiger charge is 2.36. The van der Waals surface area contributed by atoms with Crippen LogP contribution in [0.2, 0.25) is 0 Å². The first-order chi connectivity index (χ1) is 9.04. The molecule has 4 nitrogen and oxygen atoms in total. The number of carbonyl (C=O) groups excluding carboxylic acids is 1. The molecule has 0 bridgehead atoms. The summed E-state index contributed by atoms with van der Waals surface area (Å²) >= 11 is 0. The third-order valence-corrected chi connectivity index (χ3v) is 3.53. The van der Waals surface area contributed by atoms with Crippen molar-refractivity contribution in [3.8, 4) is 0 Å². The van der Waals surface area contributed by atoms with E-state index in [4.69, 9.17) is 9.47 Å². The molecule has 0 aromatic heterocycles. The molecule has 1 aliphatic rings. The molecule has 1 fully saturated rings. The van der Waals surface area contributed by atoms with Crippen LogP contribution in [-0.4, -0.2) is 23.3 Å². The van der Waals surface area contributed by atoms with Gasteiger partial charge in [-0.15, -0.1) is 0 Å². The molecule has 0 aliphatic carbocycles. The lowest BCUT2D eigenvalue weighted by Crippen LogP contribution is -2.38. The molecule has 1 N–H and O–H groups in total. The average molecular weight is 264 g/mol. The normalized spacial score (nSPS) is 27.0. The summed E-state index contributed by atoms with van der Waals surface area (Å²) in [5.41, 5.74) is 1.35. The van der Waals surface area contributed by atoms with Gasteiger partial charge in [0.1, 0.15) is 5.60 Å². The smallest absolute Gasteiger partial charge is 0.303 e. The third-order valence-electron chi connectivity index (χ3n) is 3.53. The molecule has 1 aliphatic heterocycles. The van der Waals surface area contributed by atoms with E-state index < -0.39 is 5.60 Å². The fourth-order valence-corrected chi connectivity index (χ4v) is 2.60. The highest BCUT2D eigenvalue weighted by atomic mass is 16.6. The molecule has 0 saturated carbocycles. The number of hydrogen-bond acceptors (Lipinski definition) is 4. The van der Waals surface area contributed by atoms with Crippen LogP contribution >= 0.6 is 0 Å².